The van der Waals surface area contributed by atoms with Gasteiger partial charge >= 0.3 is 17.9 Å². The van der Waals surface area contributed by atoms with Crippen molar-refractivity contribution in [2.75, 3.05) is 13.2 Å². The standard InChI is InChI=1S/C64H110O6/c1-4-7-10-13-16-19-22-25-28-30-31-32-33-34-37-39-42-45-48-51-54-57-63(66)69-60-61(59-68-62(65)56-53-50-47-44-41-38-35-27-24-21-18-15-12-9-6-3)70-64(67)58-55-52-49-46-43-40-36-29-26-23-20-17-14-11-8-5-2/h7,10,16,19-20,23,25,28-29,31-32,34,36-37,61H,4-6,8-9,11-15,17-18,21-22,24,26-27,30,33,35,38-60H2,1-3H3/b10-7-,19-16-,23-20-,28-25-,32-31-,36-29-,37-34-. The van der Waals surface area contributed by atoms with E-state index in [2.05, 4.69) is 106 Å². The molecule has 0 saturated carbocycles. The first-order chi connectivity index (χ1) is 34.5. The summed E-state index contributed by atoms with van der Waals surface area (Å²) < 4.78 is 16.9. The topological polar surface area (TPSA) is 78.9 Å². The molecule has 0 bridgehead atoms. The smallest absolute Gasteiger partial charge is 0.306 e. The Bertz CT molecular complexity index is 1350. The molecule has 1 unspecified atom stereocenters. The molecule has 0 heterocycles. The summed E-state index contributed by atoms with van der Waals surface area (Å²) >= 11 is 0. The molecule has 0 rings (SSSR count). The third-order valence-corrected chi connectivity index (χ3v) is 12.6. The van der Waals surface area contributed by atoms with Crippen LogP contribution in [0.1, 0.15) is 284 Å². The van der Waals surface area contributed by atoms with Crippen molar-refractivity contribution in [2.24, 2.45) is 0 Å². The molecule has 0 radical (unpaired) electrons. The van der Waals surface area contributed by atoms with Crippen molar-refractivity contribution in [3.63, 3.8) is 0 Å². The first-order valence-corrected chi connectivity index (χ1v) is 29.6. The van der Waals surface area contributed by atoms with Gasteiger partial charge in [0.15, 0.2) is 6.10 Å². The second kappa shape index (κ2) is 58.2. The summed E-state index contributed by atoms with van der Waals surface area (Å²) in [6, 6.07) is 0. The minimum atomic E-state index is -0.792. The molecule has 0 aromatic carbocycles. The summed E-state index contributed by atoms with van der Waals surface area (Å²) in [6.45, 7) is 6.50. The fourth-order valence-corrected chi connectivity index (χ4v) is 8.21. The molecule has 0 aromatic rings. The Morgan fingerprint density at radius 3 is 0.886 bits per heavy atom. The van der Waals surface area contributed by atoms with E-state index in [0.29, 0.717) is 19.3 Å². The zero-order chi connectivity index (χ0) is 50.7. The number of carbonyl (C=O) groups is 3. The molecular formula is C64H110O6. The molecule has 0 aromatic heterocycles. The van der Waals surface area contributed by atoms with E-state index in [-0.39, 0.29) is 31.1 Å². The molecule has 0 fully saturated rings. The van der Waals surface area contributed by atoms with E-state index in [1.807, 2.05) is 0 Å². The number of ether oxygens (including phenoxy) is 3. The molecule has 0 amide bonds. The number of allylic oxidation sites excluding steroid dienone is 14. The maximum Gasteiger partial charge on any atom is 0.306 e. The highest BCUT2D eigenvalue weighted by Crippen LogP contribution is 2.16. The normalized spacial score (nSPS) is 12.7. The lowest BCUT2D eigenvalue weighted by molar-refractivity contribution is -0.167. The molecule has 0 aliphatic heterocycles. The van der Waals surface area contributed by atoms with E-state index in [1.54, 1.807) is 0 Å². The number of carbonyl (C=O) groups excluding carboxylic acids is 3. The molecule has 0 aliphatic rings. The van der Waals surface area contributed by atoms with Gasteiger partial charge in [0.25, 0.3) is 0 Å². The van der Waals surface area contributed by atoms with Gasteiger partial charge in [-0.15, -0.1) is 0 Å². The fraction of sp³-hybridized carbons (Fsp3) is 0.734. The van der Waals surface area contributed by atoms with E-state index in [0.717, 1.165) is 135 Å². The van der Waals surface area contributed by atoms with Gasteiger partial charge in [0, 0.05) is 19.3 Å². The minimum absolute atomic E-state index is 0.0866. The quantitative estimate of drug-likeness (QED) is 0.0261. The van der Waals surface area contributed by atoms with E-state index < -0.39 is 6.10 Å². The first-order valence-electron chi connectivity index (χ1n) is 29.6. The largest absolute Gasteiger partial charge is 0.462 e. The minimum Gasteiger partial charge on any atom is -0.462 e. The molecule has 0 N–H and O–H groups in total. The van der Waals surface area contributed by atoms with E-state index in [9.17, 15) is 14.4 Å². The van der Waals surface area contributed by atoms with Crippen LogP contribution in [0.4, 0.5) is 0 Å². The van der Waals surface area contributed by atoms with Crippen molar-refractivity contribution in [2.45, 2.75) is 290 Å². The molecule has 6 heteroatoms. The van der Waals surface area contributed by atoms with Crippen LogP contribution in [0.15, 0.2) is 85.1 Å². The Hall–Kier alpha value is -3.41. The number of hydrogen-bond donors (Lipinski definition) is 0. The van der Waals surface area contributed by atoms with E-state index in [4.69, 9.17) is 14.2 Å². The van der Waals surface area contributed by atoms with Crippen LogP contribution in [0.5, 0.6) is 0 Å². The highest BCUT2D eigenvalue weighted by atomic mass is 16.6. The zero-order valence-electron chi connectivity index (χ0n) is 46.0. The van der Waals surface area contributed by atoms with Crippen LogP contribution in [0.3, 0.4) is 0 Å². The number of esters is 3. The van der Waals surface area contributed by atoms with Crippen molar-refractivity contribution >= 4 is 17.9 Å². The summed E-state index contributed by atoms with van der Waals surface area (Å²) in [4.78, 5) is 38.2. The highest BCUT2D eigenvalue weighted by Gasteiger charge is 2.19. The lowest BCUT2D eigenvalue weighted by Crippen LogP contribution is -2.30. The monoisotopic (exact) mass is 975 g/mol. The fourth-order valence-electron chi connectivity index (χ4n) is 8.21. The average molecular weight is 976 g/mol. The van der Waals surface area contributed by atoms with Crippen LogP contribution in [-0.2, 0) is 28.6 Å². The lowest BCUT2D eigenvalue weighted by Gasteiger charge is -2.18. The summed E-state index contributed by atoms with van der Waals surface area (Å²) in [5, 5.41) is 0. The lowest BCUT2D eigenvalue weighted by atomic mass is 10.0. The second-order valence-electron chi connectivity index (χ2n) is 19.5. The maximum atomic E-state index is 12.9. The molecular weight excluding hydrogens is 865 g/mol. The Kier molecular flexibility index (Phi) is 55.3. The van der Waals surface area contributed by atoms with Gasteiger partial charge in [-0.3, -0.25) is 14.4 Å². The van der Waals surface area contributed by atoms with Crippen molar-refractivity contribution in [1.82, 2.24) is 0 Å². The summed E-state index contributed by atoms with van der Waals surface area (Å²) in [7, 11) is 0. The van der Waals surface area contributed by atoms with Crippen molar-refractivity contribution in [3.8, 4) is 0 Å². The third kappa shape index (κ3) is 55.5. The Morgan fingerprint density at radius 2 is 0.557 bits per heavy atom. The summed E-state index contributed by atoms with van der Waals surface area (Å²) in [5.41, 5.74) is 0. The molecule has 70 heavy (non-hydrogen) atoms. The SMILES string of the molecule is CC/C=C\C/C=C\C/C=C\C/C=C\C/C=C\CCCCCCCC(=O)OCC(COC(=O)CCCCCCCCCCCCCCCCC)OC(=O)CCCCCCC/C=C\C/C=C\CCCCCC. The third-order valence-electron chi connectivity index (χ3n) is 12.6. The van der Waals surface area contributed by atoms with E-state index in [1.165, 1.54) is 109 Å². The predicted octanol–water partition coefficient (Wildman–Crippen LogP) is 19.9. The molecule has 0 aliphatic carbocycles. The van der Waals surface area contributed by atoms with Crippen LogP contribution in [-0.4, -0.2) is 37.2 Å². The summed E-state index contributed by atoms with van der Waals surface area (Å²) in [6.07, 6.45) is 75.7. The average Bonchev–Trinajstić information content (AvgIpc) is 3.36. The Morgan fingerprint density at radius 1 is 0.300 bits per heavy atom. The van der Waals surface area contributed by atoms with E-state index >= 15 is 0 Å². The Labute approximate surface area is 433 Å². The van der Waals surface area contributed by atoms with Gasteiger partial charge in [-0.05, 0) is 96.3 Å². The molecule has 0 spiro atoms. The van der Waals surface area contributed by atoms with Crippen LogP contribution >= 0.6 is 0 Å². The van der Waals surface area contributed by atoms with Gasteiger partial charge in [-0.2, -0.15) is 0 Å². The van der Waals surface area contributed by atoms with Crippen LogP contribution in [0, 0.1) is 0 Å². The van der Waals surface area contributed by atoms with Gasteiger partial charge < -0.3 is 14.2 Å². The van der Waals surface area contributed by atoms with Crippen LogP contribution in [0.25, 0.3) is 0 Å². The number of rotatable bonds is 53. The van der Waals surface area contributed by atoms with Gasteiger partial charge in [-0.1, -0.05) is 254 Å². The Balaban J connectivity index is 4.42. The molecule has 0 saturated heterocycles. The zero-order valence-corrected chi connectivity index (χ0v) is 46.0. The molecule has 6 nitrogen and oxygen atoms in total. The predicted molar refractivity (Wildman–Crippen MR) is 302 cm³/mol. The van der Waals surface area contributed by atoms with Crippen molar-refractivity contribution in [1.29, 1.82) is 0 Å². The first kappa shape index (κ1) is 66.6. The van der Waals surface area contributed by atoms with Gasteiger partial charge in [0.1, 0.15) is 13.2 Å². The second-order valence-corrected chi connectivity index (χ2v) is 19.5. The molecule has 402 valence electrons. The van der Waals surface area contributed by atoms with Crippen molar-refractivity contribution in [3.05, 3.63) is 85.1 Å². The van der Waals surface area contributed by atoms with Crippen molar-refractivity contribution < 1.29 is 28.6 Å². The van der Waals surface area contributed by atoms with Gasteiger partial charge in [0.05, 0.1) is 0 Å². The van der Waals surface area contributed by atoms with Crippen LogP contribution < -0.4 is 0 Å². The van der Waals surface area contributed by atoms with Gasteiger partial charge in [-0.25, -0.2) is 0 Å². The number of hydrogen-bond acceptors (Lipinski definition) is 6. The highest BCUT2D eigenvalue weighted by molar-refractivity contribution is 5.71. The maximum absolute atomic E-state index is 12.9. The van der Waals surface area contributed by atoms with Crippen LogP contribution in [0.2, 0.25) is 0 Å². The summed E-state index contributed by atoms with van der Waals surface area (Å²) in [5.74, 6) is -0.911. The molecule has 1 atom stereocenters. The van der Waals surface area contributed by atoms with Gasteiger partial charge in [0.2, 0.25) is 0 Å². The number of unbranched alkanes of at least 4 members (excludes halogenated alkanes) is 28.